The molecule has 1 N–H and O–H groups in total. The Balaban J connectivity index is 1.85. The highest BCUT2D eigenvalue weighted by Gasteiger charge is 2.15. The number of aromatic nitrogens is 2. The van der Waals surface area contributed by atoms with Crippen LogP contribution in [0.3, 0.4) is 0 Å². The molecule has 1 heterocycles. The molecule has 0 unspecified atom stereocenters. The van der Waals surface area contributed by atoms with Gasteiger partial charge in [-0.15, -0.1) is 0 Å². The minimum atomic E-state index is -0.280. The van der Waals surface area contributed by atoms with Gasteiger partial charge in [0.1, 0.15) is 16.8 Å². The number of carbonyl (C=O) groups excluding carboxylic acids is 1. The minimum absolute atomic E-state index is 0.280. The molecule has 1 aromatic heterocycles. The summed E-state index contributed by atoms with van der Waals surface area (Å²) in [7, 11) is 0. The summed E-state index contributed by atoms with van der Waals surface area (Å²) in [5, 5.41) is 7.75. The van der Waals surface area contributed by atoms with Gasteiger partial charge in [-0.2, -0.15) is 5.10 Å². The average molecular weight is 373 g/mol. The quantitative estimate of drug-likeness (QED) is 0.374. The van der Waals surface area contributed by atoms with Gasteiger partial charge in [-0.05, 0) is 24.6 Å². The van der Waals surface area contributed by atoms with Gasteiger partial charge in [0.15, 0.2) is 0 Å². The Morgan fingerprint density at radius 2 is 1.76 bits per heavy atom. The fraction of sp³-hybridized carbons (Fsp3) is 0.158. The minimum Gasteiger partial charge on any atom is -0.454 e. The van der Waals surface area contributed by atoms with Crippen molar-refractivity contribution in [2.24, 2.45) is 0 Å². The van der Waals surface area contributed by atoms with Crippen LogP contribution in [-0.4, -0.2) is 22.1 Å². The number of benzene rings is 2. The molecule has 4 nitrogen and oxygen atoms in total. The molecule has 0 amide bonds. The molecule has 0 aliphatic heterocycles. The first kappa shape index (κ1) is 17.6. The number of nitrogens with zero attached hydrogens (tertiary/aromatic N) is 1. The Kier molecular flexibility index (Phi) is 5.46. The molecule has 0 bridgehead atoms. The van der Waals surface area contributed by atoms with Gasteiger partial charge in [-0.25, -0.2) is 0 Å². The maximum atomic E-state index is 10.8. The molecule has 3 aromatic rings. The number of H-pyrrole nitrogens is 1. The van der Waals surface area contributed by atoms with E-state index in [1.165, 1.54) is 24.2 Å². The van der Waals surface area contributed by atoms with Crippen LogP contribution < -0.4 is 0 Å². The Morgan fingerprint density at radius 1 is 1.12 bits per heavy atom. The first-order chi connectivity index (χ1) is 12.0. The number of halogens is 1. The summed E-state index contributed by atoms with van der Waals surface area (Å²) >= 11 is 7.79. The third kappa shape index (κ3) is 4.24. The van der Waals surface area contributed by atoms with Crippen molar-refractivity contribution >= 4 is 29.3 Å². The van der Waals surface area contributed by atoms with Crippen molar-refractivity contribution in [1.29, 1.82) is 0 Å². The standard InChI is InChI=1S/C19H17ClN2O2S/c1-12-3-5-14(6-4-12)17-18(21-22-19(17)20)15-7-9-16(10-8-15)25-11-24-13(2)23/h3-10H,11H2,1-2H3,(H,21,22). The van der Waals surface area contributed by atoms with Gasteiger partial charge in [0, 0.05) is 22.9 Å². The topological polar surface area (TPSA) is 55.0 Å². The molecular weight excluding hydrogens is 356 g/mol. The van der Waals surface area contributed by atoms with E-state index >= 15 is 0 Å². The first-order valence-electron chi connectivity index (χ1n) is 7.72. The highest BCUT2D eigenvalue weighted by Crippen LogP contribution is 2.36. The highest BCUT2D eigenvalue weighted by atomic mass is 35.5. The van der Waals surface area contributed by atoms with Crippen LogP contribution in [0.2, 0.25) is 5.15 Å². The third-order valence-corrected chi connectivity index (χ3v) is 4.79. The number of rotatable bonds is 5. The lowest BCUT2D eigenvalue weighted by Gasteiger charge is -2.06. The van der Waals surface area contributed by atoms with Crippen LogP contribution in [0, 0.1) is 6.92 Å². The van der Waals surface area contributed by atoms with E-state index in [0.717, 1.165) is 27.3 Å². The molecule has 128 valence electrons. The lowest BCUT2D eigenvalue weighted by molar-refractivity contribution is -0.138. The fourth-order valence-corrected chi connectivity index (χ4v) is 3.33. The molecule has 0 fully saturated rings. The van der Waals surface area contributed by atoms with Crippen LogP contribution >= 0.6 is 23.4 Å². The lowest BCUT2D eigenvalue weighted by Crippen LogP contribution is -1.96. The zero-order valence-electron chi connectivity index (χ0n) is 13.9. The number of hydrogen-bond donors (Lipinski definition) is 1. The molecule has 3 rings (SSSR count). The van der Waals surface area contributed by atoms with Gasteiger partial charge in [-0.1, -0.05) is 65.3 Å². The van der Waals surface area contributed by atoms with Gasteiger partial charge in [0.2, 0.25) is 0 Å². The van der Waals surface area contributed by atoms with Gasteiger partial charge >= 0.3 is 5.97 Å². The molecule has 6 heteroatoms. The molecule has 2 aromatic carbocycles. The summed E-state index contributed by atoms with van der Waals surface area (Å²) < 4.78 is 4.94. The molecule has 0 spiro atoms. The van der Waals surface area contributed by atoms with E-state index in [2.05, 4.69) is 22.3 Å². The van der Waals surface area contributed by atoms with Crippen LogP contribution in [0.4, 0.5) is 0 Å². The molecule has 0 aliphatic carbocycles. The van der Waals surface area contributed by atoms with Crippen molar-refractivity contribution in [3.63, 3.8) is 0 Å². The molecule has 0 saturated heterocycles. The van der Waals surface area contributed by atoms with Crippen molar-refractivity contribution < 1.29 is 9.53 Å². The van der Waals surface area contributed by atoms with E-state index in [0.29, 0.717) is 11.1 Å². The Morgan fingerprint density at radius 3 is 2.40 bits per heavy atom. The predicted molar refractivity (Wildman–Crippen MR) is 102 cm³/mol. The van der Waals surface area contributed by atoms with Gasteiger partial charge < -0.3 is 4.74 Å². The molecule has 25 heavy (non-hydrogen) atoms. The fourth-order valence-electron chi connectivity index (χ4n) is 2.40. The Bertz CT molecular complexity index is 873. The predicted octanol–water partition coefficient (Wildman–Crippen LogP) is 5.32. The molecular formula is C19H17ClN2O2S. The number of thioether (sulfide) groups is 1. The van der Waals surface area contributed by atoms with E-state index in [4.69, 9.17) is 16.3 Å². The number of carbonyl (C=O) groups is 1. The van der Waals surface area contributed by atoms with Crippen molar-refractivity contribution in [1.82, 2.24) is 10.2 Å². The number of hydrogen-bond acceptors (Lipinski definition) is 4. The normalized spacial score (nSPS) is 10.7. The zero-order valence-corrected chi connectivity index (χ0v) is 15.4. The SMILES string of the molecule is CC(=O)OCSc1ccc(-c2n[nH]c(Cl)c2-c2ccc(C)cc2)cc1. The first-order valence-corrected chi connectivity index (χ1v) is 9.08. The summed E-state index contributed by atoms with van der Waals surface area (Å²) in [6, 6.07) is 16.1. The van der Waals surface area contributed by atoms with Crippen molar-refractivity contribution in [3.8, 4) is 22.4 Å². The van der Waals surface area contributed by atoms with E-state index < -0.39 is 0 Å². The number of esters is 1. The maximum Gasteiger partial charge on any atom is 0.303 e. The zero-order chi connectivity index (χ0) is 17.8. The summed E-state index contributed by atoms with van der Waals surface area (Å²) in [6.45, 7) is 3.45. The lowest BCUT2D eigenvalue weighted by atomic mass is 10.0. The molecule has 0 saturated carbocycles. The third-order valence-electron chi connectivity index (χ3n) is 3.68. The van der Waals surface area contributed by atoms with Crippen molar-refractivity contribution in [2.75, 3.05) is 5.94 Å². The second-order valence-corrected chi connectivity index (χ2v) is 6.92. The van der Waals surface area contributed by atoms with Crippen LogP contribution in [0.15, 0.2) is 53.4 Å². The van der Waals surface area contributed by atoms with E-state index in [1.54, 1.807) is 0 Å². The number of aryl methyl sites for hydroxylation is 1. The van der Waals surface area contributed by atoms with Crippen LogP contribution in [0.1, 0.15) is 12.5 Å². The molecule has 0 atom stereocenters. The Hall–Kier alpha value is -2.24. The summed E-state index contributed by atoms with van der Waals surface area (Å²) in [6.07, 6.45) is 0. The summed E-state index contributed by atoms with van der Waals surface area (Å²) in [5.74, 6) is 0.0235. The number of nitrogens with one attached hydrogen (secondary N) is 1. The van der Waals surface area contributed by atoms with E-state index in [-0.39, 0.29) is 5.97 Å². The summed E-state index contributed by atoms with van der Waals surface area (Å²) in [5.41, 5.74) is 4.88. The monoisotopic (exact) mass is 372 g/mol. The van der Waals surface area contributed by atoms with E-state index in [1.807, 2.05) is 43.3 Å². The highest BCUT2D eigenvalue weighted by molar-refractivity contribution is 7.99. The summed E-state index contributed by atoms with van der Waals surface area (Å²) in [4.78, 5) is 11.8. The number of ether oxygens (including phenoxy) is 1. The van der Waals surface area contributed by atoms with Gasteiger partial charge in [0.05, 0.1) is 0 Å². The van der Waals surface area contributed by atoms with Crippen molar-refractivity contribution in [2.45, 2.75) is 18.7 Å². The molecule has 0 radical (unpaired) electrons. The van der Waals surface area contributed by atoms with Crippen LogP contribution in [-0.2, 0) is 9.53 Å². The largest absolute Gasteiger partial charge is 0.454 e. The second kappa shape index (κ2) is 7.76. The van der Waals surface area contributed by atoms with E-state index in [9.17, 15) is 4.79 Å². The Labute approximate surface area is 155 Å². The van der Waals surface area contributed by atoms with Gasteiger partial charge in [-0.3, -0.25) is 9.89 Å². The van der Waals surface area contributed by atoms with Gasteiger partial charge in [0.25, 0.3) is 0 Å². The molecule has 0 aliphatic rings. The second-order valence-electron chi connectivity index (χ2n) is 5.55. The average Bonchev–Trinajstić information content (AvgIpc) is 2.98. The van der Waals surface area contributed by atoms with Crippen LogP contribution in [0.5, 0.6) is 0 Å². The maximum absolute atomic E-state index is 10.8. The number of aromatic amines is 1. The van der Waals surface area contributed by atoms with Crippen LogP contribution in [0.25, 0.3) is 22.4 Å². The smallest absolute Gasteiger partial charge is 0.303 e. The van der Waals surface area contributed by atoms with Crippen molar-refractivity contribution in [3.05, 3.63) is 59.2 Å².